The first-order valence-electron chi connectivity index (χ1n) is 7.19. The average Bonchev–Trinajstić information content (AvgIpc) is 2.92. The van der Waals surface area contributed by atoms with Crippen molar-refractivity contribution >= 4 is 18.3 Å². The topological polar surface area (TPSA) is 79.2 Å². The smallest absolute Gasteiger partial charge is 0.241 e. The molecule has 126 valence electrons. The molecule has 6 nitrogen and oxygen atoms in total. The van der Waals surface area contributed by atoms with Crippen molar-refractivity contribution in [1.82, 2.24) is 20.4 Å². The van der Waals surface area contributed by atoms with E-state index in [0.717, 1.165) is 16.7 Å². The largest absolute Gasteiger partial charge is 0.387 e. The first-order chi connectivity index (χ1) is 10.5. The average molecular weight is 339 g/mol. The van der Waals surface area contributed by atoms with E-state index in [-0.39, 0.29) is 24.9 Å². The molecule has 2 unspecified atom stereocenters. The third-order valence-electron chi connectivity index (χ3n) is 3.54. The minimum absolute atomic E-state index is 0. The zero-order valence-corrected chi connectivity index (χ0v) is 14.3. The number of carbonyl (C=O) groups excluding carboxylic acids is 1. The minimum Gasteiger partial charge on any atom is -0.387 e. The van der Waals surface area contributed by atoms with Crippen LogP contribution in [0.25, 0.3) is 0 Å². The Morgan fingerprint density at radius 1 is 1.30 bits per heavy atom. The van der Waals surface area contributed by atoms with Crippen LogP contribution in [-0.2, 0) is 11.8 Å². The van der Waals surface area contributed by atoms with Gasteiger partial charge in [-0.1, -0.05) is 29.8 Å². The van der Waals surface area contributed by atoms with Gasteiger partial charge in [-0.05, 0) is 19.5 Å². The summed E-state index contributed by atoms with van der Waals surface area (Å²) in [6.07, 6.45) is 2.71. The van der Waals surface area contributed by atoms with Crippen molar-refractivity contribution < 1.29 is 9.90 Å². The van der Waals surface area contributed by atoms with Crippen molar-refractivity contribution in [2.24, 2.45) is 7.05 Å². The molecule has 0 bridgehead atoms. The van der Waals surface area contributed by atoms with Crippen LogP contribution in [0.2, 0.25) is 0 Å². The van der Waals surface area contributed by atoms with E-state index >= 15 is 0 Å². The second-order valence-corrected chi connectivity index (χ2v) is 5.34. The van der Waals surface area contributed by atoms with Crippen molar-refractivity contribution in [3.8, 4) is 0 Å². The highest BCUT2D eigenvalue weighted by atomic mass is 35.5. The lowest BCUT2D eigenvalue weighted by molar-refractivity contribution is -0.123. The lowest BCUT2D eigenvalue weighted by Crippen LogP contribution is -2.37. The maximum atomic E-state index is 12.3. The van der Waals surface area contributed by atoms with Gasteiger partial charge in [-0.2, -0.15) is 5.10 Å². The lowest BCUT2D eigenvalue weighted by atomic mass is 10.1. The molecule has 2 atom stereocenters. The predicted octanol–water partition coefficient (Wildman–Crippen LogP) is 1.26. The van der Waals surface area contributed by atoms with E-state index in [9.17, 15) is 9.90 Å². The number of amides is 1. The number of rotatable bonds is 6. The van der Waals surface area contributed by atoms with Crippen molar-refractivity contribution in [3.63, 3.8) is 0 Å². The lowest BCUT2D eigenvalue weighted by Gasteiger charge is -2.17. The molecule has 0 fully saturated rings. The van der Waals surface area contributed by atoms with Crippen LogP contribution < -0.4 is 10.6 Å². The summed E-state index contributed by atoms with van der Waals surface area (Å²) < 4.78 is 1.65. The summed E-state index contributed by atoms with van der Waals surface area (Å²) in [5, 5.41) is 19.9. The molecule has 7 heteroatoms. The molecular formula is C16H23ClN4O2. The molecule has 1 heterocycles. The molecule has 23 heavy (non-hydrogen) atoms. The standard InChI is InChI=1S/C16H22N4O2.ClH/c1-11-4-6-12(7-5-11)14(21)9-18-16(22)15(17-2)13-8-19-20(3)10-13;/h4-8,10,14-15,17,21H,9H2,1-3H3,(H,18,22);1H. The molecule has 3 N–H and O–H groups in total. The molecule has 0 aliphatic heterocycles. The van der Waals surface area contributed by atoms with Gasteiger partial charge in [-0.3, -0.25) is 9.48 Å². The summed E-state index contributed by atoms with van der Waals surface area (Å²) in [5.74, 6) is -0.193. The Hall–Kier alpha value is -1.89. The van der Waals surface area contributed by atoms with Crippen LogP contribution in [0.15, 0.2) is 36.7 Å². The molecule has 0 radical (unpaired) electrons. The molecule has 0 saturated heterocycles. The number of likely N-dealkylation sites (N-methyl/N-ethyl adjacent to an activating group) is 1. The van der Waals surface area contributed by atoms with Gasteiger partial charge in [0.1, 0.15) is 6.04 Å². The summed E-state index contributed by atoms with van der Waals surface area (Å²) in [6, 6.07) is 7.11. The number of halogens is 1. The second kappa shape index (κ2) is 8.67. The highest BCUT2D eigenvalue weighted by Gasteiger charge is 2.20. The minimum atomic E-state index is -0.726. The summed E-state index contributed by atoms with van der Waals surface area (Å²) in [6.45, 7) is 2.16. The molecule has 0 aliphatic carbocycles. The van der Waals surface area contributed by atoms with Gasteiger partial charge in [-0.15, -0.1) is 12.4 Å². The summed E-state index contributed by atoms with van der Waals surface area (Å²) in [4.78, 5) is 12.3. The molecule has 0 aliphatic rings. The van der Waals surface area contributed by atoms with Crippen LogP contribution >= 0.6 is 12.4 Å². The Morgan fingerprint density at radius 3 is 2.48 bits per heavy atom. The number of carbonyl (C=O) groups is 1. The van der Waals surface area contributed by atoms with Crippen LogP contribution in [0.5, 0.6) is 0 Å². The van der Waals surface area contributed by atoms with E-state index in [1.165, 1.54) is 0 Å². The third kappa shape index (κ3) is 5.06. The molecule has 1 aromatic heterocycles. The van der Waals surface area contributed by atoms with Gasteiger partial charge in [0, 0.05) is 25.4 Å². The van der Waals surface area contributed by atoms with Crippen LogP contribution in [0.4, 0.5) is 0 Å². The van der Waals surface area contributed by atoms with E-state index < -0.39 is 12.1 Å². The molecular weight excluding hydrogens is 316 g/mol. The highest BCUT2D eigenvalue weighted by Crippen LogP contribution is 2.14. The molecule has 0 saturated carbocycles. The van der Waals surface area contributed by atoms with Crippen LogP contribution in [0, 0.1) is 6.92 Å². The van der Waals surface area contributed by atoms with Gasteiger partial charge in [0.25, 0.3) is 0 Å². The number of aryl methyl sites for hydroxylation is 2. The fourth-order valence-electron chi connectivity index (χ4n) is 2.24. The van der Waals surface area contributed by atoms with Crippen LogP contribution in [-0.4, -0.2) is 34.4 Å². The first kappa shape index (κ1) is 19.2. The normalized spacial score (nSPS) is 13.0. The van der Waals surface area contributed by atoms with Gasteiger partial charge in [0.2, 0.25) is 5.91 Å². The Morgan fingerprint density at radius 2 is 1.96 bits per heavy atom. The highest BCUT2D eigenvalue weighted by molar-refractivity contribution is 5.85. The Balaban J connectivity index is 0.00000264. The zero-order valence-electron chi connectivity index (χ0n) is 13.5. The SMILES string of the molecule is CNC(C(=O)NCC(O)c1ccc(C)cc1)c1cnn(C)c1.Cl. The number of nitrogens with one attached hydrogen (secondary N) is 2. The van der Waals surface area contributed by atoms with Crippen LogP contribution in [0.1, 0.15) is 28.8 Å². The Bertz CT molecular complexity index is 627. The monoisotopic (exact) mass is 338 g/mol. The van der Waals surface area contributed by atoms with E-state index in [4.69, 9.17) is 0 Å². The molecule has 0 spiro atoms. The molecule has 1 aromatic carbocycles. The number of nitrogens with zero attached hydrogens (tertiary/aromatic N) is 2. The zero-order chi connectivity index (χ0) is 16.1. The van der Waals surface area contributed by atoms with Crippen molar-refractivity contribution in [2.45, 2.75) is 19.1 Å². The van der Waals surface area contributed by atoms with E-state index in [1.807, 2.05) is 31.2 Å². The predicted molar refractivity (Wildman–Crippen MR) is 91.4 cm³/mol. The second-order valence-electron chi connectivity index (χ2n) is 5.34. The fraction of sp³-hybridized carbons (Fsp3) is 0.375. The Labute approximate surface area is 142 Å². The first-order valence-corrected chi connectivity index (χ1v) is 7.19. The maximum Gasteiger partial charge on any atom is 0.241 e. The number of aliphatic hydroxyl groups excluding tert-OH is 1. The fourth-order valence-corrected chi connectivity index (χ4v) is 2.24. The van der Waals surface area contributed by atoms with E-state index in [1.54, 1.807) is 31.2 Å². The van der Waals surface area contributed by atoms with Crippen molar-refractivity contribution in [2.75, 3.05) is 13.6 Å². The number of aromatic nitrogens is 2. The van der Waals surface area contributed by atoms with E-state index in [0.29, 0.717) is 0 Å². The number of hydrogen-bond donors (Lipinski definition) is 3. The molecule has 2 aromatic rings. The number of benzene rings is 1. The number of aliphatic hydroxyl groups is 1. The Kier molecular flexibility index (Phi) is 7.22. The quantitative estimate of drug-likeness (QED) is 0.741. The summed E-state index contributed by atoms with van der Waals surface area (Å²) >= 11 is 0. The van der Waals surface area contributed by atoms with Crippen molar-refractivity contribution in [1.29, 1.82) is 0 Å². The molecule has 1 amide bonds. The number of hydrogen-bond acceptors (Lipinski definition) is 4. The van der Waals surface area contributed by atoms with Gasteiger partial charge >= 0.3 is 0 Å². The van der Waals surface area contributed by atoms with Gasteiger partial charge in [-0.25, -0.2) is 0 Å². The van der Waals surface area contributed by atoms with Crippen LogP contribution in [0.3, 0.4) is 0 Å². The van der Waals surface area contributed by atoms with Crippen molar-refractivity contribution in [3.05, 3.63) is 53.3 Å². The summed E-state index contributed by atoms with van der Waals surface area (Å²) in [7, 11) is 3.52. The summed E-state index contributed by atoms with van der Waals surface area (Å²) in [5.41, 5.74) is 2.70. The molecule has 2 rings (SSSR count). The van der Waals surface area contributed by atoms with Gasteiger partial charge in [0.15, 0.2) is 0 Å². The van der Waals surface area contributed by atoms with Gasteiger partial charge < -0.3 is 15.7 Å². The van der Waals surface area contributed by atoms with E-state index in [2.05, 4.69) is 15.7 Å². The van der Waals surface area contributed by atoms with Gasteiger partial charge in [0.05, 0.1) is 12.3 Å². The third-order valence-corrected chi connectivity index (χ3v) is 3.54. The maximum absolute atomic E-state index is 12.3.